The van der Waals surface area contributed by atoms with Crippen molar-refractivity contribution >= 4 is 46.0 Å². The minimum atomic E-state index is -0.483. The Morgan fingerprint density at radius 2 is 1.97 bits per heavy atom. The Labute approximate surface area is 183 Å². The summed E-state index contributed by atoms with van der Waals surface area (Å²) in [5.41, 5.74) is 1.78. The Bertz CT molecular complexity index is 1140. The van der Waals surface area contributed by atoms with E-state index in [0.29, 0.717) is 40.9 Å². The van der Waals surface area contributed by atoms with E-state index < -0.39 is 5.82 Å². The molecule has 3 aromatic rings. The summed E-state index contributed by atoms with van der Waals surface area (Å²) in [6, 6.07) is 4.68. The van der Waals surface area contributed by atoms with E-state index in [1.165, 1.54) is 18.5 Å². The molecular weight excluding hydrogens is 421 g/mol. The Morgan fingerprint density at radius 1 is 1.13 bits per heavy atom. The average Bonchev–Trinajstić information content (AvgIpc) is 3.22. The number of hydrogen-bond donors (Lipinski definition) is 1. The molecule has 0 unspecified atom stereocenters. The Morgan fingerprint density at radius 3 is 2.71 bits per heavy atom. The third-order valence-corrected chi connectivity index (χ3v) is 6.13. The zero-order valence-corrected chi connectivity index (χ0v) is 17.5. The summed E-state index contributed by atoms with van der Waals surface area (Å²) in [4.78, 5) is 33.9. The topological polar surface area (TPSA) is 87.1 Å². The second-order valence-electron chi connectivity index (χ2n) is 7.79. The number of fused-ring (bicyclic) bond motifs is 1. The highest BCUT2D eigenvalue weighted by molar-refractivity contribution is 6.31. The molecule has 2 fully saturated rings. The quantitative estimate of drug-likeness (QED) is 0.662. The van der Waals surface area contributed by atoms with Crippen LogP contribution in [0, 0.1) is 5.82 Å². The molecule has 0 spiro atoms. The van der Waals surface area contributed by atoms with Crippen molar-refractivity contribution in [3.63, 3.8) is 0 Å². The van der Waals surface area contributed by atoms with Gasteiger partial charge in [0, 0.05) is 37.8 Å². The summed E-state index contributed by atoms with van der Waals surface area (Å²) in [7, 11) is 0. The number of rotatable bonds is 4. The molecule has 0 radical (unpaired) electrons. The molecule has 2 saturated heterocycles. The molecule has 2 aliphatic heterocycles. The zero-order valence-electron chi connectivity index (χ0n) is 16.8. The van der Waals surface area contributed by atoms with Crippen LogP contribution < -0.4 is 10.2 Å². The Hall–Kier alpha value is -3.07. The average molecular weight is 442 g/mol. The molecule has 1 N–H and O–H groups in total. The highest BCUT2D eigenvalue weighted by Gasteiger charge is 2.31. The van der Waals surface area contributed by atoms with Gasteiger partial charge in [0.2, 0.25) is 11.9 Å². The van der Waals surface area contributed by atoms with Crippen LogP contribution in [0.25, 0.3) is 11.0 Å². The van der Waals surface area contributed by atoms with E-state index in [9.17, 15) is 9.18 Å². The third kappa shape index (κ3) is 3.97. The van der Waals surface area contributed by atoms with Gasteiger partial charge in [-0.3, -0.25) is 4.79 Å². The number of carbonyl (C=O) groups is 1. The van der Waals surface area contributed by atoms with Crippen LogP contribution in [0.3, 0.4) is 0 Å². The summed E-state index contributed by atoms with van der Waals surface area (Å²) < 4.78 is 13.5. The molecule has 0 saturated carbocycles. The van der Waals surface area contributed by atoms with Crippen molar-refractivity contribution in [1.82, 2.24) is 24.8 Å². The van der Waals surface area contributed by atoms with Gasteiger partial charge in [-0.2, -0.15) is 0 Å². The van der Waals surface area contributed by atoms with E-state index in [-0.39, 0.29) is 10.9 Å². The molecule has 4 heterocycles. The minimum Gasteiger partial charge on any atom is -0.341 e. The van der Waals surface area contributed by atoms with Crippen LogP contribution in [0.1, 0.15) is 25.7 Å². The first kappa shape index (κ1) is 19.9. The maximum Gasteiger partial charge on any atom is 0.226 e. The van der Waals surface area contributed by atoms with E-state index >= 15 is 0 Å². The number of likely N-dealkylation sites (tertiary alicyclic amines) is 1. The number of nitrogens with zero attached hydrogens (tertiary/aromatic N) is 6. The summed E-state index contributed by atoms with van der Waals surface area (Å²) >= 11 is 5.89. The first-order chi connectivity index (χ1) is 15.1. The number of amides is 1. The molecule has 1 amide bonds. The maximum atomic E-state index is 13.5. The van der Waals surface area contributed by atoms with Gasteiger partial charge in [0.25, 0.3) is 0 Å². The molecule has 8 nitrogen and oxygen atoms in total. The number of piperidine rings is 1. The second-order valence-corrected chi connectivity index (χ2v) is 8.20. The monoisotopic (exact) mass is 441 g/mol. The molecule has 0 atom stereocenters. The van der Waals surface area contributed by atoms with Crippen LogP contribution in [0.5, 0.6) is 0 Å². The fourth-order valence-corrected chi connectivity index (χ4v) is 4.41. The lowest BCUT2D eigenvalue weighted by Crippen LogP contribution is -2.45. The van der Waals surface area contributed by atoms with Crippen LogP contribution in [-0.4, -0.2) is 56.4 Å². The molecule has 160 valence electrons. The van der Waals surface area contributed by atoms with Crippen molar-refractivity contribution in [3.05, 3.63) is 41.6 Å². The van der Waals surface area contributed by atoms with E-state index in [1.807, 2.05) is 4.90 Å². The van der Waals surface area contributed by atoms with Gasteiger partial charge in [0.15, 0.2) is 5.82 Å². The van der Waals surface area contributed by atoms with Gasteiger partial charge in [-0.15, -0.1) is 0 Å². The summed E-state index contributed by atoms with van der Waals surface area (Å²) in [6.07, 6.45) is 6.54. The van der Waals surface area contributed by atoms with Crippen LogP contribution in [-0.2, 0) is 4.79 Å². The molecule has 2 aliphatic rings. The number of nitrogens with one attached hydrogen (secondary N) is 1. The van der Waals surface area contributed by atoms with E-state index in [1.54, 1.807) is 12.3 Å². The SMILES string of the molecule is O=C1CCCN1C1CCN(c2ncc3ncnc(Nc4ccc(F)c(Cl)c4)c3n2)CC1. The van der Waals surface area contributed by atoms with Gasteiger partial charge < -0.3 is 15.1 Å². The molecule has 5 rings (SSSR count). The molecule has 31 heavy (non-hydrogen) atoms. The van der Waals surface area contributed by atoms with Gasteiger partial charge in [-0.1, -0.05) is 11.6 Å². The van der Waals surface area contributed by atoms with Gasteiger partial charge in [0.05, 0.1) is 11.2 Å². The van der Waals surface area contributed by atoms with Crippen LogP contribution in [0.4, 0.5) is 21.8 Å². The molecule has 2 aromatic heterocycles. The third-order valence-electron chi connectivity index (χ3n) is 5.85. The van der Waals surface area contributed by atoms with Crippen molar-refractivity contribution < 1.29 is 9.18 Å². The lowest BCUT2D eigenvalue weighted by atomic mass is 10.0. The number of anilines is 3. The van der Waals surface area contributed by atoms with Gasteiger partial charge >= 0.3 is 0 Å². The van der Waals surface area contributed by atoms with Gasteiger partial charge in [0.1, 0.15) is 23.2 Å². The number of benzene rings is 1. The van der Waals surface area contributed by atoms with E-state index in [0.717, 1.165) is 38.9 Å². The first-order valence-electron chi connectivity index (χ1n) is 10.3. The predicted octanol–water partition coefficient (Wildman–Crippen LogP) is 3.55. The minimum absolute atomic E-state index is 0.0260. The van der Waals surface area contributed by atoms with E-state index in [4.69, 9.17) is 16.6 Å². The molecular formula is C21H21ClFN7O. The molecule has 0 aliphatic carbocycles. The Balaban J connectivity index is 1.36. The summed E-state index contributed by atoms with van der Waals surface area (Å²) in [5, 5.41) is 3.16. The lowest BCUT2D eigenvalue weighted by Gasteiger charge is -2.36. The van der Waals surface area contributed by atoms with E-state index in [2.05, 4.69) is 25.2 Å². The van der Waals surface area contributed by atoms with Crippen molar-refractivity contribution in [1.29, 1.82) is 0 Å². The summed E-state index contributed by atoms with van der Waals surface area (Å²) in [6.45, 7) is 2.43. The number of carbonyl (C=O) groups excluding carboxylic acids is 1. The Kier molecular flexibility index (Phi) is 5.27. The highest BCUT2D eigenvalue weighted by atomic mass is 35.5. The van der Waals surface area contributed by atoms with Crippen molar-refractivity contribution in [2.45, 2.75) is 31.7 Å². The lowest BCUT2D eigenvalue weighted by molar-refractivity contribution is -0.130. The van der Waals surface area contributed by atoms with Crippen molar-refractivity contribution in [2.24, 2.45) is 0 Å². The normalized spacial score (nSPS) is 17.5. The van der Waals surface area contributed by atoms with Crippen LogP contribution >= 0.6 is 11.6 Å². The van der Waals surface area contributed by atoms with Crippen molar-refractivity contribution in [3.8, 4) is 0 Å². The maximum absolute atomic E-state index is 13.5. The fraction of sp³-hybridized carbons (Fsp3) is 0.381. The predicted molar refractivity (Wildman–Crippen MR) is 116 cm³/mol. The van der Waals surface area contributed by atoms with Gasteiger partial charge in [-0.05, 0) is 37.5 Å². The largest absolute Gasteiger partial charge is 0.341 e. The molecule has 0 bridgehead atoms. The fourth-order valence-electron chi connectivity index (χ4n) is 4.23. The smallest absolute Gasteiger partial charge is 0.226 e. The molecule has 1 aromatic carbocycles. The zero-order chi connectivity index (χ0) is 21.4. The van der Waals surface area contributed by atoms with Crippen LogP contribution in [0.15, 0.2) is 30.7 Å². The number of aromatic nitrogens is 4. The standard InChI is InChI=1S/C21H21ClFN7O/c22-15-10-13(3-4-16(15)23)27-20-19-17(25-12-26-20)11-24-21(28-19)29-8-5-14(6-9-29)30-7-1-2-18(30)31/h3-4,10-12,14H,1-2,5-9H2,(H,25,26,27). The van der Waals surface area contributed by atoms with Crippen LogP contribution in [0.2, 0.25) is 5.02 Å². The van der Waals surface area contributed by atoms with Gasteiger partial charge in [-0.25, -0.2) is 24.3 Å². The first-order valence-corrected chi connectivity index (χ1v) is 10.7. The number of halogens is 2. The number of hydrogen-bond acceptors (Lipinski definition) is 7. The second kappa shape index (κ2) is 8.22. The van der Waals surface area contributed by atoms with Crippen molar-refractivity contribution in [2.75, 3.05) is 29.9 Å². The summed E-state index contributed by atoms with van der Waals surface area (Å²) in [5.74, 6) is 0.889. The molecule has 10 heteroatoms. The highest BCUT2D eigenvalue weighted by Crippen LogP contribution is 2.27.